The molecule has 1 atom stereocenters. The number of benzene rings is 1. The van der Waals surface area contributed by atoms with Crippen molar-refractivity contribution in [3.8, 4) is 0 Å². The van der Waals surface area contributed by atoms with E-state index in [1.807, 2.05) is 42.7 Å². The summed E-state index contributed by atoms with van der Waals surface area (Å²) in [5.41, 5.74) is 7.37. The van der Waals surface area contributed by atoms with E-state index in [4.69, 9.17) is 10.8 Å². The standard InChI is InChI=1S/C13H15BrN2O2/c1-7(2)16-10-6-9(14)4-3-8(10)5-11(16)12(15)13(17)18/h3-7,12H,15H2,1-2H3,(H,17,18). The van der Waals surface area contributed by atoms with Crippen LogP contribution >= 0.6 is 15.9 Å². The van der Waals surface area contributed by atoms with Gasteiger partial charge in [-0.2, -0.15) is 0 Å². The zero-order valence-electron chi connectivity index (χ0n) is 10.2. The van der Waals surface area contributed by atoms with Crippen molar-refractivity contribution in [3.05, 3.63) is 34.4 Å². The van der Waals surface area contributed by atoms with Gasteiger partial charge in [0, 0.05) is 27.1 Å². The highest BCUT2D eigenvalue weighted by atomic mass is 79.9. The molecule has 18 heavy (non-hydrogen) atoms. The van der Waals surface area contributed by atoms with E-state index in [0.717, 1.165) is 15.4 Å². The van der Waals surface area contributed by atoms with Crippen LogP contribution in [-0.4, -0.2) is 15.6 Å². The minimum atomic E-state index is -1.02. The summed E-state index contributed by atoms with van der Waals surface area (Å²) in [7, 11) is 0. The molecule has 0 aliphatic rings. The van der Waals surface area contributed by atoms with Gasteiger partial charge in [0.2, 0.25) is 0 Å². The Bertz CT molecular complexity index is 604. The normalized spacial score (nSPS) is 13.2. The molecule has 0 amide bonds. The van der Waals surface area contributed by atoms with Crippen LogP contribution in [0.5, 0.6) is 0 Å². The molecule has 2 rings (SSSR count). The molecule has 1 heterocycles. The molecule has 2 aromatic rings. The maximum atomic E-state index is 11.1. The molecule has 3 N–H and O–H groups in total. The number of hydrogen-bond acceptors (Lipinski definition) is 2. The molecule has 1 unspecified atom stereocenters. The van der Waals surface area contributed by atoms with Gasteiger partial charge >= 0.3 is 5.97 Å². The molecule has 0 saturated carbocycles. The third-order valence-electron chi connectivity index (χ3n) is 2.93. The highest BCUT2D eigenvalue weighted by molar-refractivity contribution is 9.10. The number of carbonyl (C=O) groups is 1. The second-order valence-electron chi connectivity index (χ2n) is 4.55. The number of carboxylic acids is 1. The summed E-state index contributed by atoms with van der Waals surface area (Å²) in [5.74, 6) is -1.02. The summed E-state index contributed by atoms with van der Waals surface area (Å²) < 4.78 is 2.93. The maximum Gasteiger partial charge on any atom is 0.326 e. The average Bonchev–Trinajstić information content (AvgIpc) is 2.65. The van der Waals surface area contributed by atoms with Crippen molar-refractivity contribution < 1.29 is 9.90 Å². The molecule has 0 saturated heterocycles. The summed E-state index contributed by atoms with van der Waals surface area (Å²) in [4.78, 5) is 11.1. The lowest BCUT2D eigenvalue weighted by molar-refractivity contribution is -0.138. The second kappa shape index (κ2) is 4.74. The smallest absolute Gasteiger partial charge is 0.326 e. The fourth-order valence-electron chi connectivity index (χ4n) is 2.16. The van der Waals surface area contributed by atoms with E-state index in [0.29, 0.717) is 5.69 Å². The van der Waals surface area contributed by atoms with Crippen LogP contribution in [-0.2, 0) is 4.79 Å². The number of fused-ring (bicyclic) bond motifs is 1. The van der Waals surface area contributed by atoms with Gasteiger partial charge in [-0.1, -0.05) is 22.0 Å². The molecule has 96 valence electrons. The van der Waals surface area contributed by atoms with E-state index in [1.165, 1.54) is 0 Å². The number of rotatable bonds is 3. The van der Waals surface area contributed by atoms with E-state index < -0.39 is 12.0 Å². The van der Waals surface area contributed by atoms with Gasteiger partial charge in [-0.15, -0.1) is 0 Å². The Morgan fingerprint density at radius 1 is 1.39 bits per heavy atom. The minimum absolute atomic E-state index is 0.150. The van der Waals surface area contributed by atoms with Gasteiger partial charge in [0.25, 0.3) is 0 Å². The lowest BCUT2D eigenvalue weighted by atomic mass is 10.2. The number of nitrogens with two attached hydrogens (primary N) is 1. The van der Waals surface area contributed by atoms with Crippen LogP contribution in [0.3, 0.4) is 0 Å². The Hall–Kier alpha value is -1.33. The summed E-state index contributed by atoms with van der Waals surface area (Å²) in [6.45, 7) is 4.02. The van der Waals surface area contributed by atoms with Crippen molar-refractivity contribution in [1.29, 1.82) is 0 Å². The fourth-order valence-corrected chi connectivity index (χ4v) is 2.51. The Kier molecular flexibility index (Phi) is 3.45. The van der Waals surface area contributed by atoms with Crippen LogP contribution in [0.4, 0.5) is 0 Å². The Balaban J connectivity index is 2.73. The molecule has 0 spiro atoms. The van der Waals surface area contributed by atoms with Gasteiger partial charge in [0.15, 0.2) is 0 Å². The first-order chi connectivity index (χ1) is 8.41. The zero-order valence-corrected chi connectivity index (χ0v) is 11.8. The molecular weight excluding hydrogens is 296 g/mol. The molecule has 4 nitrogen and oxygen atoms in total. The summed E-state index contributed by atoms with van der Waals surface area (Å²) >= 11 is 3.43. The van der Waals surface area contributed by atoms with Gasteiger partial charge in [-0.3, -0.25) is 4.79 Å². The Morgan fingerprint density at radius 3 is 2.61 bits per heavy atom. The lowest BCUT2D eigenvalue weighted by Crippen LogP contribution is -2.24. The van der Waals surface area contributed by atoms with Crippen molar-refractivity contribution >= 4 is 32.8 Å². The molecule has 0 bridgehead atoms. The number of nitrogens with zero attached hydrogens (tertiary/aromatic N) is 1. The SMILES string of the molecule is CC(C)n1c(C(N)C(=O)O)cc2ccc(Br)cc21. The topological polar surface area (TPSA) is 68.2 Å². The third kappa shape index (κ3) is 2.15. The molecule has 5 heteroatoms. The molecule has 0 aliphatic carbocycles. The minimum Gasteiger partial charge on any atom is -0.480 e. The van der Waals surface area contributed by atoms with Crippen LogP contribution in [0, 0.1) is 0 Å². The van der Waals surface area contributed by atoms with Crippen molar-refractivity contribution in [2.24, 2.45) is 5.73 Å². The highest BCUT2D eigenvalue weighted by Crippen LogP contribution is 2.29. The van der Waals surface area contributed by atoms with Gasteiger partial charge < -0.3 is 15.4 Å². The predicted octanol–water partition coefficient (Wildman–Crippen LogP) is 3.07. The molecule has 0 aliphatic heterocycles. The van der Waals surface area contributed by atoms with Gasteiger partial charge in [0.05, 0.1) is 0 Å². The molecule has 0 radical (unpaired) electrons. The summed E-state index contributed by atoms with van der Waals surface area (Å²) in [5, 5.41) is 10.1. The van der Waals surface area contributed by atoms with Crippen molar-refractivity contribution in [1.82, 2.24) is 4.57 Å². The number of halogens is 1. The molecule has 1 aromatic heterocycles. The first-order valence-corrected chi connectivity index (χ1v) is 6.50. The quantitative estimate of drug-likeness (QED) is 0.915. The van der Waals surface area contributed by atoms with Crippen LogP contribution in [0.15, 0.2) is 28.7 Å². The molecule has 0 fully saturated rings. The van der Waals surface area contributed by atoms with E-state index in [1.54, 1.807) is 0 Å². The molecular formula is C13H15BrN2O2. The van der Waals surface area contributed by atoms with Gasteiger partial charge in [-0.25, -0.2) is 0 Å². The fraction of sp³-hybridized carbons (Fsp3) is 0.308. The van der Waals surface area contributed by atoms with E-state index in [-0.39, 0.29) is 6.04 Å². The number of aliphatic carboxylic acids is 1. The number of aromatic nitrogens is 1. The van der Waals surface area contributed by atoms with E-state index >= 15 is 0 Å². The summed E-state index contributed by atoms with van der Waals surface area (Å²) in [6.07, 6.45) is 0. The first-order valence-electron chi connectivity index (χ1n) is 5.70. The lowest BCUT2D eigenvalue weighted by Gasteiger charge is -2.17. The van der Waals surface area contributed by atoms with E-state index in [2.05, 4.69) is 15.9 Å². The number of carboxylic acid groups (broad SMARTS) is 1. The van der Waals surface area contributed by atoms with Gasteiger partial charge in [-0.05, 0) is 32.0 Å². The zero-order chi connectivity index (χ0) is 13.4. The van der Waals surface area contributed by atoms with Crippen molar-refractivity contribution in [2.45, 2.75) is 25.9 Å². The Labute approximate surface area is 114 Å². The summed E-state index contributed by atoms with van der Waals surface area (Å²) in [6, 6.07) is 6.86. The first kappa shape index (κ1) is 13.1. The maximum absolute atomic E-state index is 11.1. The van der Waals surface area contributed by atoms with Gasteiger partial charge in [0.1, 0.15) is 6.04 Å². The van der Waals surface area contributed by atoms with Crippen molar-refractivity contribution in [3.63, 3.8) is 0 Å². The third-order valence-corrected chi connectivity index (χ3v) is 3.43. The highest BCUT2D eigenvalue weighted by Gasteiger charge is 2.22. The number of hydrogen-bond donors (Lipinski definition) is 2. The van der Waals surface area contributed by atoms with Crippen LogP contribution in [0.2, 0.25) is 0 Å². The predicted molar refractivity (Wildman–Crippen MR) is 74.6 cm³/mol. The largest absolute Gasteiger partial charge is 0.480 e. The van der Waals surface area contributed by atoms with Crippen LogP contribution in [0.25, 0.3) is 10.9 Å². The Morgan fingerprint density at radius 2 is 2.06 bits per heavy atom. The second-order valence-corrected chi connectivity index (χ2v) is 5.47. The molecule has 1 aromatic carbocycles. The van der Waals surface area contributed by atoms with Crippen LogP contribution < -0.4 is 5.73 Å². The monoisotopic (exact) mass is 310 g/mol. The van der Waals surface area contributed by atoms with Crippen molar-refractivity contribution in [2.75, 3.05) is 0 Å². The average molecular weight is 311 g/mol. The van der Waals surface area contributed by atoms with E-state index in [9.17, 15) is 4.79 Å². The van der Waals surface area contributed by atoms with Crippen LogP contribution in [0.1, 0.15) is 31.6 Å².